The van der Waals surface area contributed by atoms with Gasteiger partial charge in [-0.3, -0.25) is 4.79 Å². The van der Waals surface area contributed by atoms with Gasteiger partial charge in [-0.15, -0.1) is 5.10 Å². The average Bonchev–Trinajstić information content (AvgIpc) is 2.41. The minimum Gasteiger partial charge on any atom is -0.478 e. The Labute approximate surface area is 102 Å². The maximum absolute atomic E-state index is 12.0. The molecule has 3 aromatic rings. The summed E-state index contributed by atoms with van der Waals surface area (Å²) in [4.78, 5) is 20.7. The highest BCUT2D eigenvalue weighted by Crippen LogP contribution is 2.19. The summed E-state index contributed by atoms with van der Waals surface area (Å²) in [7, 11) is 3.05. The van der Waals surface area contributed by atoms with Gasteiger partial charge in [0.25, 0.3) is 11.4 Å². The van der Waals surface area contributed by atoms with Crippen molar-refractivity contribution in [1.82, 2.24) is 19.7 Å². The van der Waals surface area contributed by atoms with Gasteiger partial charge < -0.3 is 4.74 Å². The first-order valence-electron chi connectivity index (χ1n) is 5.38. The van der Waals surface area contributed by atoms with E-state index in [1.807, 2.05) is 24.3 Å². The first kappa shape index (κ1) is 10.6. The van der Waals surface area contributed by atoms with E-state index in [1.54, 1.807) is 7.05 Å². The molecule has 1 aromatic carbocycles. The van der Waals surface area contributed by atoms with Crippen molar-refractivity contribution >= 4 is 22.1 Å². The Hall–Kier alpha value is -2.50. The van der Waals surface area contributed by atoms with Crippen molar-refractivity contribution in [1.29, 1.82) is 0 Å². The number of ether oxygens (including phenoxy) is 1. The summed E-state index contributed by atoms with van der Waals surface area (Å²) in [6, 6.07) is 7.36. The number of benzene rings is 1. The fraction of sp³-hybridized carbons (Fsp3) is 0.167. The van der Waals surface area contributed by atoms with Crippen LogP contribution in [0.4, 0.5) is 0 Å². The quantitative estimate of drug-likeness (QED) is 0.592. The van der Waals surface area contributed by atoms with E-state index in [1.165, 1.54) is 11.8 Å². The molecule has 90 valence electrons. The van der Waals surface area contributed by atoms with E-state index >= 15 is 0 Å². The molecule has 18 heavy (non-hydrogen) atoms. The maximum Gasteiger partial charge on any atom is 0.294 e. The van der Waals surface area contributed by atoms with Crippen LogP contribution in [0.2, 0.25) is 0 Å². The maximum atomic E-state index is 12.0. The van der Waals surface area contributed by atoms with Crippen molar-refractivity contribution in [3.63, 3.8) is 0 Å². The molecule has 6 nitrogen and oxygen atoms in total. The van der Waals surface area contributed by atoms with Gasteiger partial charge in [0, 0.05) is 7.05 Å². The lowest BCUT2D eigenvalue weighted by Gasteiger charge is -2.06. The molecular weight excluding hydrogens is 232 g/mol. The van der Waals surface area contributed by atoms with E-state index in [9.17, 15) is 4.79 Å². The summed E-state index contributed by atoms with van der Waals surface area (Å²) < 4.78 is 6.34. The van der Waals surface area contributed by atoms with Crippen molar-refractivity contribution in [3.8, 4) is 5.88 Å². The first-order chi connectivity index (χ1) is 8.70. The Morgan fingerprint density at radius 1 is 1.11 bits per heavy atom. The number of para-hydroxylation sites is 2. The predicted octanol–water partition coefficient (Wildman–Crippen LogP) is 0.885. The number of hydrogen-bond acceptors (Lipinski definition) is 5. The number of hydrogen-bond donors (Lipinski definition) is 0. The molecular formula is C12H10N4O2. The Morgan fingerprint density at radius 2 is 1.72 bits per heavy atom. The fourth-order valence-corrected chi connectivity index (χ4v) is 1.82. The number of aromatic nitrogens is 4. The van der Waals surface area contributed by atoms with Crippen LogP contribution in [0.25, 0.3) is 22.1 Å². The van der Waals surface area contributed by atoms with Crippen molar-refractivity contribution in [2.75, 3.05) is 7.11 Å². The second-order valence-electron chi connectivity index (χ2n) is 3.85. The summed E-state index contributed by atoms with van der Waals surface area (Å²) in [5.74, 6) is 0.297. The van der Waals surface area contributed by atoms with E-state index in [2.05, 4.69) is 15.1 Å². The molecule has 6 heteroatoms. The minimum absolute atomic E-state index is 0.267. The van der Waals surface area contributed by atoms with Gasteiger partial charge in [-0.1, -0.05) is 12.1 Å². The van der Waals surface area contributed by atoms with Gasteiger partial charge in [-0.2, -0.15) is 0 Å². The molecule has 0 atom stereocenters. The third-order valence-electron chi connectivity index (χ3n) is 2.70. The zero-order valence-electron chi connectivity index (χ0n) is 9.91. The van der Waals surface area contributed by atoms with E-state index in [0.717, 1.165) is 0 Å². The molecule has 0 aliphatic rings. The molecule has 0 saturated carbocycles. The molecule has 0 unspecified atom stereocenters. The Bertz CT molecular complexity index is 810. The topological polar surface area (TPSA) is 69.9 Å². The van der Waals surface area contributed by atoms with Crippen molar-refractivity contribution in [2.45, 2.75) is 0 Å². The van der Waals surface area contributed by atoms with Crippen LogP contribution in [0.15, 0.2) is 29.1 Å². The molecule has 0 radical (unpaired) electrons. The van der Waals surface area contributed by atoms with Crippen LogP contribution in [0, 0.1) is 0 Å². The van der Waals surface area contributed by atoms with E-state index in [0.29, 0.717) is 22.4 Å². The lowest BCUT2D eigenvalue weighted by Crippen LogP contribution is -2.21. The highest BCUT2D eigenvalue weighted by Gasteiger charge is 2.13. The highest BCUT2D eigenvalue weighted by atomic mass is 16.5. The number of methoxy groups -OCH3 is 1. The van der Waals surface area contributed by atoms with Crippen molar-refractivity contribution in [2.24, 2.45) is 7.05 Å². The van der Waals surface area contributed by atoms with Gasteiger partial charge in [0.1, 0.15) is 0 Å². The van der Waals surface area contributed by atoms with E-state index < -0.39 is 0 Å². The molecule has 2 aromatic heterocycles. The summed E-state index contributed by atoms with van der Waals surface area (Å²) in [5, 5.41) is 4.01. The summed E-state index contributed by atoms with van der Waals surface area (Å²) in [5.41, 5.74) is 1.75. The predicted molar refractivity (Wildman–Crippen MR) is 66.6 cm³/mol. The monoisotopic (exact) mass is 242 g/mol. The number of nitrogens with zero attached hydrogens (tertiary/aromatic N) is 4. The highest BCUT2D eigenvalue weighted by molar-refractivity contribution is 5.87. The van der Waals surface area contributed by atoms with Gasteiger partial charge in [-0.25, -0.2) is 14.6 Å². The van der Waals surface area contributed by atoms with Crippen LogP contribution in [0.3, 0.4) is 0 Å². The normalized spacial score (nSPS) is 11.0. The Balaban J connectivity index is 2.56. The second-order valence-corrected chi connectivity index (χ2v) is 3.85. The molecule has 0 N–H and O–H groups in total. The lowest BCUT2D eigenvalue weighted by molar-refractivity contribution is 0.387. The molecule has 0 amide bonds. The first-order valence-corrected chi connectivity index (χ1v) is 5.38. The van der Waals surface area contributed by atoms with E-state index in [-0.39, 0.29) is 11.1 Å². The minimum atomic E-state index is -0.288. The molecule has 0 saturated heterocycles. The third-order valence-corrected chi connectivity index (χ3v) is 2.70. The van der Waals surface area contributed by atoms with Gasteiger partial charge in [0.15, 0.2) is 11.0 Å². The van der Waals surface area contributed by atoms with Gasteiger partial charge in [-0.05, 0) is 12.1 Å². The average molecular weight is 242 g/mol. The number of aryl methyl sites for hydroxylation is 1. The molecule has 3 rings (SSSR count). The van der Waals surface area contributed by atoms with Crippen molar-refractivity contribution in [3.05, 3.63) is 34.6 Å². The molecule has 0 aliphatic heterocycles. The fourth-order valence-electron chi connectivity index (χ4n) is 1.82. The van der Waals surface area contributed by atoms with Gasteiger partial charge in [0.05, 0.1) is 18.1 Å². The summed E-state index contributed by atoms with van der Waals surface area (Å²) in [6.07, 6.45) is 0. The van der Waals surface area contributed by atoms with Gasteiger partial charge >= 0.3 is 0 Å². The summed E-state index contributed by atoms with van der Waals surface area (Å²) in [6.45, 7) is 0. The van der Waals surface area contributed by atoms with Crippen LogP contribution in [0.5, 0.6) is 5.88 Å². The van der Waals surface area contributed by atoms with Crippen LogP contribution >= 0.6 is 0 Å². The molecule has 0 fully saturated rings. The molecule has 0 bridgehead atoms. The smallest absolute Gasteiger partial charge is 0.294 e. The zero-order chi connectivity index (χ0) is 12.7. The van der Waals surface area contributed by atoms with Gasteiger partial charge in [0.2, 0.25) is 0 Å². The van der Waals surface area contributed by atoms with Crippen LogP contribution in [-0.4, -0.2) is 26.9 Å². The van der Waals surface area contributed by atoms with Crippen LogP contribution in [-0.2, 0) is 7.05 Å². The largest absolute Gasteiger partial charge is 0.478 e. The van der Waals surface area contributed by atoms with E-state index in [4.69, 9.17) is 4.74 Å². The van der Waals surface area contributed by atoms with Crippen LogP contribution < -0.4 is 10.3 Å². The molecule has 0 spiro atoms. The third kappa shape index (κ3) is 1.42. The Kier molecular flexibility index (Phi) is 2.22. The van der Waals surface area contributed by atoms with Crippen molar-refractivity contribution < 1.29 is 4.74 Å². The molecule has 2 heterocycles. The zero-order valence-corrected chi connectivity index (χ0v) is 9.91. The molecule has 0 aliphatic carbocycles. The van der Waals surface area contributed by atoms with Crippen LogP contribution in [0.1, 0.15) is 0 Å². The standard InChI is InChI=1S/C12H10N4O2/c1-16-12(17)10-9(11(15-16)18-2)13-7-5-3-4-6-8(7)14-10/h3-6H,1-2H3. The SMILES string of the molecule is COc1nn(C)c(=O)c2nc3ccccc3nc12. The lowest BCUT2D eigenvalue weighted by atomic mass is 10.3. The number of rotatable bonds is 1. The summed E-state index contributed by atoms with van der Waals surface area (Å²) >= 11 is 0. The number of fused-ring (bicyclic) bond motifs is 2. The second kappa shape index (κ2) is 3.76. The Morgan fingerprint density at radius 3 is 2.33 bits per heavy atom.